The fourth-order valence-electron chi connectivity index (χ4n) is 1.43. The van der Waals surface area contributed by atoms with Crippen molar-refractivity contribution in [2.75, 3.05) is 0 Å². The zero-order chi connectivity index (χ0) is 7.84. The molecule has 0 fully saturated rings. The zero-order valence-corrected chi connectivity index (χ0v) is 6.04. The molecule has 1 aromatic rings. The second-order valence-corrected chi connectivity index (χ2v) is 2.81. The van der Waals surface area contributed by atoms with Gasteiger partial charge in [0.25, 0.3) is 0 Å². The molecule has 0 aromatic heterocycles. The van der Waals surface area contributed by atoms with Gasteiger partial charge in [-0.05, 0) is 42.5 Å². The van der Waals surface area contributed by atoms with Gasteiger partial charge in [-0.1, -0.05) is 0 Å². The van der Waals surface area contributed by atoms with Crippen molar-refractivity contribution < 1.29 is 10.2 Å². The molecular formula is C9H9O2. The van der Waals surface area contributed by atoms with E-state index in [2.05, 4.69) is 6.42 Å². The van der Waals surface area contributed by atoms with E-state index in [0.29, 0.717) is 0 Å². The van der Waals surface area contributed by atoms with Crippen molar-refractivity contribution in [3.8, 4) is 11.5 Å². The molecule has 1 aromatic carbocycles. The van der Waals surface area contributed by atoms with Crippen LogP contribution in [0.1, 0.15) is 11.1 Å². The van der Waals surface area contributed by atoms with Gasteiger partial charge in [0.15, 0.2) is 11.5 Å². The Kier molecular flexibility index (Phi) is 1.28. The fourth-order valence-corrected chi connectivity index (χ4v) is 1.43. The molecule has 2 rings (SSSR count). The maximum atomic E-state index is 9.12. The summed E-state index contributed by atoms with van der Waals surface area (Å²) in [5, 5.41) is 18.2. The molecule has 2 N–H and O–H groups in total. The van der Waals surface area contributed by atoms with Crippen LogP contribution in [0.4, 0.5) is 0 Å². The van der Waals surface area contributed by atoms with Crippen LogP contribution in [0.15, 0.2) is 12.1 Å². The third-order valence-electron chi connectivity index (χ3n) is 2.03. The molecule has 1 aliphatic rings. The van der Waals surface area contributed by atoms with Gasteiger partial charge in [0.05, 0.1) is 0 Å². The van der Waals surface area contributed by atoms with E-state index in [1.807, 2.05) is 0 Å². The number of phenols is 2. The summed E-state index contributed by atoms with van der Waals surface area (Å²) in [6.07, 6.45) is 3.94. The highest BCUT2D eigenvalue weighted by Gasteiger charge is 2.13. The molecule has 11 heavy (non-hydrogen) atoms. The topological polar surface area (TPSA) is 40.5 Å². The van der Waals surface area contributed by atoms with Crippen molar-refractivity contribution in [1.82, 2.24) is 0 Å². The van der Waals surface area contributed by atoms with E-state index >= 15 is 0 Å². The van der Waals surface area contributed by atoms with Gasteiger partial charge in [0, 0.05) is 0 Å². The van der Waals surface area contributed by atoms with Gasteiger partial charge in [-0.2, -0.15) is 0 Å². The molecule has 57 valence electrons. The van der Waals surface area contributed by atoms with Gasteiger partial charge in [-0.3, -0.25) is 0 Å². The van der Waals surface area contributed by atoms with Gasteiger partial charge in [-0.25, -0.2) is 0 Å². The molecule has 0 amide bonds. The molecule has 0 unspecified atom stereocenters. The highest BCUT2D eigenvalue weighted by atomic mass is 16.3. The van der Waals surface area contributed by atoms with Gasteiger partial charge in [0.1, 0.15) is 0 Å². The summed E-state index contributed by atoms with van der Waals surface area (Å²) in [7, 11) is 0. The molecule has 0 atom stereocenters. The Bertz CT molecular complexity index is 263. The molecule has 0 heterocycles. The average Bonchev–Trinajstić information content (AvgIpc) is 2.36. The number of fused-ring (bicyclic) bond motifs is 1. The Morgan fingerprint density at radius 3 is 1.82 bits per heavy atom. The van der Waals surface area contributed by atoms with Crippen LogP contribution in [0.2, 0.25) is 0 Å². The Balaban J connectivity index is 2.57. The van der Waals surface area contributed by atoms with Crippen LogP contribution in [0, 0.1) is 6.42 Å². The number of aromatic hydroxyl groups is 2. The number of rotatable bonds is 0. The van der Waals surface area contributed by atoms with Gasteiger partial charge >= 0.3 is 0 Å². The molecule has 0 bridgehead atoms. The summed E-state index contributed by atoms with van der Waals surface area (Å²) in [5.74, 6) is -0.0295. The predicted molar refractivity (Wildman–Crippen MR) is 41.5 cm³/mol. The van der Waals surface area contributed by atoms with Crippen molar-refractivity contribution in [3.63, 3.8) is 0 Å². The van der Waals surface area contributed by atoms with Crippen molar-refractivity contribution in [3.05, 3.63) is 29.7 Å². The lowest BCUT2D eigenvalue weighted by molar-refractivity contribution is 0.403. The Morgan fingerprint density at radius 1 is 0.909 bits per heavy atom. The summed E-state index contributed by atoms with van der Waals surface area (Å²) in [6.45, 7) is 0. The lowest BCUT2D eigenvalue weighted by atomic mass is 10.1. The summed E-state index contributed by atoms with van der Waals surface area (Å²) in [6, 6.07) is 3.27. The largest absolute Gasteiger partial charge is 0.504 e. The highest BCUT2D eigenvalue weighted by Crippen LogP contribution is 2.32. The average molecular weight is 149 g/mol. The lowest BCUT2D eigenvalue weighted by Crippen LogP contribution is -1.80. The van der Waals surface area contributed by atoms with Crippen LogP contribution < -0.4 is 0 Å². The minimum Gasteiger partial charge on any atom is -0.504 e. The molecule has 0 spiro atoms. The van der Waals surface area contributed by atoms with Crippen LogP contribution in [0.5, 0.6) is 11.5 Å². The van der Waals surface area contributed by atoms with Gasteiger partial charge in [0.2, 0.25) is 0 Å². The van der Waals surface area contributed by atoms with Crippen molar-refractivity contribution >= 4 is 0 Å². The second kappa shape index (κ2) is 2.16. The molecule has 1 radical (unpaired) electrons. The lowest BCUT2D eigenvalue weighted by Gasteiger charge is -2.01. The third kappa shape index (κ3) is 0.946. The molecule has 2 nitrogen and oxygen atoms in total. The molecule has 0 saturated heterocycles. The normalized spacial score (nSPS) is 14.9. The second-order valence-electron chi connectivity index (χ2n) is 2.81. The van der Waals surface area contributed by atoms with Crippen LogP contribution in [-0.2, 0) is 12.8 Å². The van der Waals surface area contributed by atoms with Gasteiger partial charge < -0.3 is 10.2 Å². The van der Waals surface area contributed by atoms with E-state index in [1.165, 1.54) is 0 Å². The first-order chi connectivity index (χ1) is 5.27. The van der Waals surface area contributed by atoms with Crippen LogP contribution in [0.25, 0.3) is 0 Å². The number of hydrogen-bond acceptors (Lipinski definition) is 2. The van der Waals surface area contributed by atoms with E-state index < -0.39 is 0 Å². The fraction of sp³-hybridized carbons (Fsp3) is 0.222. The molecule has 0 aliphatic heterocycles. The van der Waals surface area contributed by atoms with Crippen LogP contribution in [-0.4, -0.2) is 10.2 Å². The first-order valence-electron chi connectivity index (χ1n) is 3.63. The summed E-state index contributed by atoms with van der Waals surface area (Å²) in [4.78, 5) is 0. The zero-order valence-electron chi connectivity index (χ0n) is 6.04. The Labute approximate surface area is 65.1 Å². The van der Waals surface area contributed by atoms with Crippen LogP contribution >= 0.6 is 0 Å². The third-order valence-corrected chi connectivity index (χ3v) is 2.03. The SMILES string of the molecule is Oc1cc2c(cc1O)C[CH]C2. The summed E-state index contributed by atoms with van der Waals surface area (Å²) in [5.41, 5.74) is 2.25. The van der Waals surface area contributed by atoms with Crippen molar-refractivity contribution in [1.29, 1.82) is 0 Å². The monoisotopic (exact) mass is 149 g/mol. The van der Waals surface area contributed by atoms with E-state index in [1.54, 1.807) is 12.1 Å². The smallest absolute Gasteiger partial charge is 0.157 e. The van der Waals surface area contributed by atoms with Gasteiger partial charge in [-0.15, -0.1) is 0 Å². The Morgan fingerprint density at radius 2 is 1.36 bits per heavy atom. The Hall–Kier alpha value is -1.18. The molecular weight excluding hydrogens is 140 g/mol. The van der Waals surface area contributed by atoms with Crippen LogP contribution in [0.3, 0.4) is 0 Å². The standard InChI is InChI=1S/C9H9O2/c10-8-4-6-2-1-3-7(6)5-9(8)11/h1,4-5,10-11H,2-3H2. The van der Waals surface area contributed by atoms with E-state index in [4.69, 9.17) is 10.2 Å². The number of hydrogen-bond donors (Lipinski definition) is 2. The van der Waals surface area contributed by atoms with Crippen molar-refractivity contribution in [2.45, 2.75) is 12.8 Å². The molecule has 0 saturated carbocycles. The first-order valence-corrected chi connectivity index (χ1v) is 3.63. The van der Waals surface area contributed by atoms with E-state index in [0.717, 1.165) is 24.0 Å². The van der Waals surface area contributed by atoms with E-state index in [9.17, 15) is 0 Å². The minimum atomic E-state index is -0.0148. The molecule has 1 aliphatic carbocycles. The summed E-state index contributed by atoms with van der Waals surface area (Å²) >= 11 is 0. The van der Waals surface area contributed by atoms with Crippen molar-refractivity contribution in [2.24, 2.45) is 0 Å². The number of benzene rings is 1. The number of phenolic OH excluding ortho intramolecular Hbond substituents is 2. The molecule has 2 heteroatoms. The van der Waals surface area contributed by atoms with E-state index in [-0.39, 0.29) is 11.5 Å². The quantitative estimate of drug-likeness (QED) is 0.547. The highest BCUT2D eigenvalue weighted by molar-refractivity contribution is 5.48. The predicted octanol–water partition coefficient (Wildman–Crippen LogP) is 1.40. The minimum absolute atomic E-state index is 0.0148. The maximum absolute atomic E-state index is 9.12. The first kappa shape index (κ1) is 6.53. The maximum Gasteiger partial charge on any atom is 0.157 e. The summed E-state index contributed by atoms with van der Waals surface area (Å²) < 4.78 is 0.